The van der Waals surface area contributed by atoms with Crippen molar-refractivity contribution in [2.24, 2.45) is 0 Å². The first kappa shape index (κ1) is 8.35. The lowest BCUT2D eigenvalue weighted by atomic mass is 10.2. The van der Waals surface area contributed by atoms with Gasteiger partial charge in [-0.25, -0.2) is 4.98 Å². The predicted octanol–water partition coefficient (Wildman–Crippen LogP) is 1.97. The third-order valence-electron chi connectivity index (χ3n) is 2.24. The Kier molecular flexibility index (Phi) is 2.08. The van der Waals surface area contributed by atoms with Crippen LogP contribution < -0.4 is 10.1 Å². The second-order valence-corrected chi connectivity index (χ2v) is 3.39. The number of ether oxygens (including phenoxy) is 1. The van der Waals surface area contributed by atoms with Gasteiger partial charge < -0.3 is 10.1 Å². The van der Waals surface area contributed by atoms with Crippen LogP contribution in [0.2, 0.25) is 0 Å². The van der Waals surface area contributed by atoms with E-state index in [1.54, 1.807) is 0 Å². The molecule has 70 valence electrons. The maximum absolute atomic E-state index is 5.74. The third-order valence-corrected chi connectivity index (χ3v) is 2.24. The van der Waals surface area contributed by atoms with E-state index in [4.69, 9.17) is 4.74 Å². The predicted molar refractivity (Wildman–Crippen MR) is 52.2 cm³/mol. The molecule has 1 atom stereocenters. The summed E-state index contributed by atoms with van der Waals surface area (Å²) in [5, 5.41) is 3.25. The van der Waals surface area contributed by atoms with Gasteiger partial charge in [0, 0.05) is 6.20 Å². The first-order valence-electron chi connectivity index (χ1n) is 4.66. The number of nitrogens with one attached hydrogen (secondary N) is 1. The maximum Gasteiger partial charge on any atom is 0.168 e. The van der Waals surface area contributed by atoms with Gasteiger partial charge >= 0.3 is 0 Å². The summed E-state index contributed by atoms with van der Waals surface area (Å²) in [7, 11) is 0. The van der Waals surface area contributed by atoms with Crippen molar-refractivity contribution in [2.45, 2.75) is 26.4 Å². The molecule has 1 unspecified atom stereocenters. The second kappa shape index (κ2) is 3.24. The molecule has 0 fully saturated rings. The lowest BCUT2D eigenvalue weighted by Crippen LogP contribution is -2.30. The van der Waals surface area contributed by atoms with Crippen LogP contribution in [-0.2, 0) is 0 Å². The molecule has 13 heavy (non-hydrogen) atoms. The van der Waals surface area contributed by atoms with Crippen molar-refractivity contribution < 1.29 is 4.74 Å². The van der Waals surface area contributed by atoms with E-state index in [1.165, 1.54) is 0 Å². The number of fused-ring (bicyclic) bond motifs is 1. The van der Waals surface area contributed by atoms with E-state index >= 15 is 0 Å². The Hall–Kier alpha value is -1.25. The topological polar surface area (TPSA) is 34.2 Å². The first-order chi connectivity index (χ1) is 6.29. The highest BCUT2D eigenvalue weighted by Crippen LogP contribution is 2.27. The van der Waals surface area contributed by atoms with Gasteiger partial charge in [0.1, 0.15) is 6.10 Å². The Morgan fingerprint density at radius 1 is 1.69 bits per heavy atom. The smallest absolute Gasteiger partial charge is 0.168 e. The summed E-state index contributed by atoms with van der Waals surface area (Å²) in [5.74, 6) is 1.76. The Bertz CT molecular complexity index is 312. The van der Waals surface area contributed by atoms with E-state index in [9.17, 15) is 0 Å². The zero-order valence-corrected chi connectivity index (χ0v) is 8.00. The fourth-order valence-corrected chi connectivity index (χ4v) is 1.42. The summed E-state index contributed by atoms with van der Waals surface area (Å²) >= 11 is 0. The number of pyridine rings is 1. The highest BCUT2D eigenvalue weighted by molar-refractivity contribution is 5.52. The summed E-state index contributed by atoms with van der Waals surface area (Å²) in [4.78, 5) is 4.25. The van der Waals surface area contributed by atoms with E-state index in [1.807, 2.05) is 19.2 Å². The largest absolute Gasteiger partial charge is 0.485 e. The molecule has 2 rings (SSSR count). The number of aromatic nitrogens is 1. The monoisotopic (exact) mass is 178 g/mol. The van der Waals surface area contributed by atoms with E-state index in [-0.39, 0.29) is 6.10 Å². The maximum atomic E-state index is 5.74. The van der Waals surface area contributed by atoms with E-state index in [0.29, 0.717) is 0 Å². The molecule has 1 aliphatic heterocycles. The molecule has 1 aromatic rings. The molecular formula is C10H14N2O. The highest BCUT2D eigenvalue weighted by atomic mass is 16.5. The first-order valence-corrected chi connectivity index (χ1v) is 4.66. The van der Waals surface area contributed by atoms with Gasteiger partial charge in [-0.15, -0.1) is 0 Å². The Balaban J connectivity index is 2.27. The molecule has 1 aromatic heterocycles. The molecule has 0 saturated carbocycles. The van der Waals surface area contributed by atoms with E-state index in [2.05, 4.69) is 17.2 Å². The average Bonchev–Trinajstić information content (AvgIpc) is 2.16. The number of nitrogens with zero attached hydrogens (tertiary/aromatic N) is 1. The molecule has 0 spiro atoms. The van der Waals surface area contributed by atoms with Crippen LogP contribution in [0.25, 0.3) is 0 Å². The second-order valence-electron chi connectivity index (χ2n) is 3.39. The highest BCUT2D eigenvalue weighted by Gasteiger charge is 2.18. The minimum absolute atomic E-state index is 0.288. The van der Waals surface area contributed by atoms with Crippen molar-refractivity contribution in [2.75, 3.05) is 11.9 Å². The van der Waals surface area contributed by atoms with Crippen LogP contribution in [0.15, 0.2) is 12.3 Å². The molecule has 3 heteroatoms. The van der Waals surface area contributed by atoms with Crippen LogP contribution in [0.1, 0.15) is 18.9 Å². The van der Waals surface area contributed by atoms with Crippen molar-refractivity contribution in [3.8, 4) is 5.75 Å². The fourth-order valence-electron chi connectivity index (χ4n) is 1.42. The van der Waals surface area contributed by atoms with Crippen LogP contribution in [0.5, 0.6) is 5.75 Å². The zero-order valence-electron chi connectivity index (χ0n) is 8.00. The Morgan fingerprint density at radius 2 is 2.54 bits per heavy atom. The molecule has 0 amide bonds. The number of rotatable bonds is 1. The lowest BCUT2D eigenvalue weighted by molar-refractivity contribution is 0.200. The van der Waals surface area contributed by atoms with Crippen LogP contribution >= 0.6 is 0 Å². The molecule has 0 bridgehead atoms. The molecule has 2 heterocycles. The summed E-state index contributed by atoms with van der Waals surface area (Å²) in [6.07, 6.45) is 3.16. The summed E-state index contributed by atoms with van der Waals surface area (Å²) in [6, 6.07) is 2.02. The van der Waals surface area contributed by atoms with Crippen molar-refractivity contribution in [1.82, 2.24) is 4.98 Å². The normalized spacial score (nSPS) is 20.0. The van der Waals surface area contributed by atoms with E-state index in [0.717, 1.165) is 30.1 Å². The van der Waals surface area contributed by atoms with Gasteiger partial charge in [-0.05, 0) is 25.0 Å². The third kappa shape index (κ3) is 1.59. The molecule has 0 saturated heterocycles. The fraction of sp³-hybridized carbons (Fsp3) is 0.500. The van der Waals surface area contributed by atoms with Crippen molar-refractivity contribution in [1.29, 1.82) is 0 Å². The Morgan fingerprint density at radius 3 is 3.31 bits per heavy atom. The van der Waals surface area contributed by atoms with Gasteiger partial charge in [0.05, 0.1) is 6.54 Å². The quantitative estimate of drug-likeness (QED) is 0.714. The molecule has 1 aliphatic rings. The average molecular weight is 178 g/mol. The van der Waals surface area contributed by atoms with Gasteiger partial charge in [0.25, 0.3) is 0 Å². The van der Waals surface area contributed by atoms with Crippen LogP contribution in [0, 0.1) is 6.92 Å². The molecule has 3 nitrogen and oxygen atoms in total. The molecule has 0 radical (unpaired) electrons. The van der Waals surface area contributed by atoms with Gasteiger partial charge in [-0.3, -0.25) is 0 Å². The van der Waals surface area contributed by atoms with Gasteiger partial charge in [0.15, 0.2) is 11.6 Å². The summed E-state index contributed by atoms with van der Waals surface area (Å²) < 4.78 is 5.74. The number of hydrogen-bond donors (Lipinski definition) is 1. The molecule has 0 aliphatic carbocycles. The minimum atomic E-state index is 0.288. The molecule has 0 aromatic carbocycles. The minimum Gasteiger partial charge on any atom is -0.485 e. The standard InChI is InChI=1S/C10H14N2O/c1-3-8-6-12-10-9(13-8)4-7(2)5-11-10/h4-5,8H,3,6H2,1-2H3,(H,11,12). The van der Waals surface area contributed by atoms with Crippen molar-refractivity contribution in [3.05, 3.63) is 17.8 Å². The number of aryl methyl sites for hydroxylation is 1. The molecular weight excluding hydrogens is 164 g/mol. The van der Waals surface area contributed by atoms with Crippen LogP contribution in [-0.4, -0.2) is 17.6 Å². The summed E-state index contributed by atoms with van der Waals surface area (Å²) in [5.41, 5.74) is 1.14. The SMILES string of the molecule is CCC1CNc2ncc(C)cc2O1. The van der Waals surface area contributed by atoms with Crippen LogP contribution in [0.3, 0.4) is 0 Å². The molecule has 1 N–H and O–H groups in total. The van der Waals surface area contributed by atoms with E-state index < -0.39 is 0 Å². The number of hydrogen-bond acceptors (Lipinski definition) is 3. The van der Waals surface area contributed by atoms with Crippen molar-refractivity contribution >= 4 is 5.82 Å². The number of anilines is 1. The van der Waals surface area contributed by atoms with Crippen molar-refractivity contribution in [3.63, 3.8) is 0 Å². The van der Waals surface area contributed by atoms with Gasteiger partial charge in [-0.2, -0.15) is 0 Å². The summed E-state index contributed by atoms with van der Waals surface area (Å²) in [6.45, 7) is 5.01. The Labute approximate surface area is 78.1 Å². The lowest BCUT2D eigenvalue weighted by Gasteiger charge is -2.25. The van der Waals surface area contributed by atoms with Gasteiger partial charge in [-0.1, -0.05) is 6.92 Å². The van der Waals surface area contributed by atoms with Gasteiger partial charge in [0.2, 0.25) is 0 Å². The zero-order chi connectivity index (χ0) is 9.26. The van der Waals surface area contributed by atoms with Crippen LogP contribution in [0.4, 0.5) is 5.82 Å².